The van der Waals surface area contributed by atoms with Crippen LogP contribution in [0.25, 0.3) is 0 Å². The first kappa shape index (κ1) is 12.7. The van der Waals surface area contributed by atoms with Crippen molar-refractivity contribution in [1.29, 1.82) is 0 Å². The van der Waals surface area contributed by atoms with Gasteiger partial charge in [0.1, 0.15) is 18.1 Å². The lowest BCUT2D eigenvalue weighted by molar-refractivity contribution is -0.126. The molecule has 1 N–H and O–H groups in total. The minimum absolute atomic E-state index is 0.0182. The van der Waals surface area contributed by atoms with Gasteiger partial charge in [0.05, 0.1) is 18.2 Å². The Labute approximate surface area is 117 Å². The molecule has 2 heterocycles. The SMILES string of the molecule is Cc1ncoc1CNC(=O)C1COc2ccccc2C1. The average molecular weight is 272 g/mol. The van der Waals surface area contributed by atoms with Crippen LogP contribution < -0.4 is 10.1 Å². The predicted molar refractivity (Wildman–Crippen MR) is 72.2 cm³/mol. The van der Waals surface area contributed by atoms with Gasteiger partial charge in [-0.05, 0) is 25.0 Å². The van der Waals surface area contributed by atoms with Crippen molar-refractivity contribution in [1.82, 2.24) is 10.3 Å². The number of aryl methyl sites for hydroxylation is 1. The molecule has 0 spiro atoms. The lowest BCUT2D eigenvalue weighted by atomic mass is 9.96. The number of benzene rings is 1. The van der Waals surface area contributed by atoms with Crippen LogP contribution in [0.5, 0.6) is 5.75 Å². The molecular formula is C15H16N2O3. The lowest BCUT2D eigenvalue weighted by Crippen LogP contribution is -2.37. The summed E-state index contributed by atoms with van der Waals surface area (Å²) in [6, 6.07) is 7.82. The zero-order chi connectivity index (χ0) is 13.9. The van der Waals surface area contributed by atoms with E-state index in [1.54, 1.807) is 0 Å². The molecule has 20 heavy (non-hydrogen) atoms. The first-order chi connectivity index (χ1) is 9.74. The highest BCUT2D eigenvalue weighted by atomic mass is 16.5. The van der Waals surface area contributed by atoms with Crippen LogP contribution in [0.15, 0.2) is 35.1 Å². The normalized spacial score (nSPS) is 17.1. The molecule has 3 rings (SSSR count). The van der Waals surface area contributed by atoms with E-state index in [0.29, 0.717) is 25.3 Å². The van der Waals surface area contributed by atoms with Crippen LogP contribution in [-0.2, 0) is 17.8 Å². The number of nitrogens with zero attached hydrogens (tertiary/aromatic N) is 1. The quantitative estimate of drug-likeness (QED) is 0.926. The van der Waals surface area contributed by atoms with Gasteiger partial charge in [0.25, 0.3) is 0 Å². The van der Waals surface area contributed by atoms with Crippen LogP contribution >= 0.6 is 0 Å². The number of fused-ring (bicyclic) bond motifs is 1. The summed E-state index contributed by atoms with van der Waals surface area (Å²) in [7, 11) is 0. The highest BCUT2D eigenvalue weighted by Gasteiger charge is 2.25. The molecule has 0 radical (unpaired) electrons. The summed E-state index contributed by atoms with van der Waals surface area (Å²) in [5.74, 6) is 1.39. The number of ether oxygens (including phenoxy) is 1. The Kier molecular flexibility index (Phi) is 3.41. The number of rotatable bonds is 3. The monoisotopic (exact) mass is 272 g/mol. The zero-order valence-electron chi connectivity index (χ0n) is 11.3. The van der Waals surface area contributed by atoms with Crippen molar-refractivity contribution in [2.45, 2.75) is 19.9 Å². The number of oxazole rings is 1. The van der Waals surface area contributed by atoms with Gasteiger partial charge < -0.3 is 14.5 Å². The summed E-state index contributed by atoms with van der Waals surface area (Å²) in [5, 5.41) is 2.87. The fourth-order valence-corrected chi connectivity index (χ4v) is 2.30. The van der Waals surface area contributed by atoms with Crippen LogP contribution in [0.2, 0.25) is 0 Å². The first-order valence-corrected chi connectivity index (χ1v) is 6.61. The number of amides is 1. The van der Waals surface area contributed by atoms with Gasteiger partial charge in [0, 0.05) is 0 Å². The number of para-hydroxylation sites is 1. The molecule has 1 unspecified atom stereocenters. The Morgan fingerprint density at radius 2 is 2.30 bits per heavy atom. The van der Waals surface area contributed by atoms with Gasteiger partial charge in [-0.25, -0.2) is 4.98 Å². The molecular weight excluding hydrogens is 256 g/mol. The fourth-order valence-electron chi connectivity index (χ4n) is 2.30. The molecule has 1 aromatic heterocycles. The van der Waals surface area contributed by atoms with E-state index < -0.39 is 0 Å². The summed E-state index contributed by atoms with van der Waals surface area (Å²) in [4.78, 5) is 16.2. The molecule has 5 nitrogen and oxygen atoms in total. The third kappa shape index (κ3) is 2.52. The Morgan fingerprint density at radius 3 is 3.10 bits per heavy atom. The zero-order valence-corrected chi connectivity index (χ0v) is 11.3. The summed E-state index contributed by atoms with van der Waals surface area (Å²) < 4.78 is 10.8. The number of hydrogen-bond acceptors (Lipinski definition) is 4. The van der Waals surface area contributed by atoms with E-state index in [1.165, 1.54) is 6.39 Å². The summed E-state index contributed by atoms with van der Waals surface area (Å²) >= 11 is 0. The first-order valence-electron chi connectivity index (χ1n) is 6.61. The van der Waals surface area contributed by atoms with E-state index in [1.807, 2.05) is 31.2 Å². The largest absolute Gasteiger partial charge is 0.492 e. The molecule has 1 amide bonds. The van der Waals surface area contributed by atoms with Crippen molar-refractivity contribution in [2.75, 3.05) is 6.61 Å². The lowest BCUT2D eigenvalue weighted by Gasteiger charge is -2.24. The Balaban J connectivity index is 1.60. The molecule has 0 fully saturated rings. The highest BCUT2D eigenvalue weighted by Crippen LogP contribution is 2.26. The van der Waals surface area contributed by atoms with Crippen LogP contribution in [0.3, 0.4) is 0 Å². The Bertz CT molecular complexity index is 621. The summed E-state index contributed by atoms with van der Waals surface area (Å²) in [6.45, 7) is 2.63. The number of hydrogen-bond donors (Lipinski definition) is 1. The van der Waals surface area contributed by atoms with Gasteiger partial charge in [-0.1, -0.05) is 18.2 Å². The smallest absolute Gasteiger partial charge is 0.227 e. The highest BCUT2D eigenvalue weighted by molar-refractivity contribution is 5.79. The van der Waals surface area contributed by atoms with Crippen molar-refractivity contribution in [3.63, 3.8) is 0 Å². The maximum Gasteiger partial charge on any atom is 0.227 e. The molecule has 1 aliphatic rings. The summed E-state index contributed by atoms with van der Waals surface area (Å²) in [5.41, 5.74) is 1.88. The fraction of sp³-hybridized carbons (Fsp3) is 0.333. The van der Waals surface area contributed by atoms with Crippen molar-refractivity contribution in [3.05, 3.63) is 47.7 Å². The molecule has 104 valence electrons. The maximum absolute atomic E-state index is 12.2. The molecule has 0 aliphatic carbocycles. The topological polar surface area (TPSA) is 64.4 Å². The van der Waals surface area contributed by atoms with Gasteiger partial charge in [0.2, 0.25) is 5.91 Å². The van der Waals surface area contributed by atoms with Crippen molar-refractivity contribution in [3.8, 4) is 5.75 Å². The molecule has 0 saturated carbocycles. The number of carbonyl (C=O) groups excluding carboxylic acids is 1. The molecule has 0 saturated heterocycles. The standard InChI is InChI=1S/C15H16N2O3/c1-10-14(20-9-17-10)7-16-15(18)12-6-11-4-2-3-5-13(11)19-8-12/h2-5,9,12H,6-8H2,1H3,(H,16,18). The van der Waals surface area contributed by atoms with Crippen molar-refractivity contribution in [2.24, 2.45) is 5.92 Å². The molecule has 1 aliphatic heterocycles. The van der Waals surface area contributed by atoms with E-state index in [0.717, 1.165) is 17.0 Å². The van der Waals surface area contributed by atoms with Crippen LogP contribution in [0.1, 0.15) is 17.0 Å². The number of aromatic nitrogens is 1. The average Bonchev–Trinajstić information content (AvgIpc) is 2.89. The third-order valence-electron chi connectivity index (χ3n) is 3.52. The second-order valence-electron chi connectivity index (χ2n) is 4.90. The minimum atomic E-state index is -0.159. The van der Waals surface area contributed by atoms with E-state index in [9.17, 15) is 4.79 Å². The molecule has 1 aromatic carbocycles. The van der Waals surface area contributed by atoms with Crippen LogP contribution in [-0.4, -0.2) is 17.5 Å². The van der Waals surface area contributed by atoms with E-state index in [-0.39, 0.29) is 11.8 Å². The van der Waals surface area contributed by atoms with E-state index >= 15 is 0 Å². The van der Waals surface area contributed by atoms with Crippen molar-refractivity contribution >= 4 is 5.91 Å². The molecule has 1 atom stereocenters. The van der Waals surface area contributed by atoms with Crippen LogP contribution in [0.4, 0.5) is 0 Å². The molecule has 0 bridgehead atoms. The minimum Gasteiger partial charge on any atom is -0.492 e. The van der Waals surface area contributed by atoms with Crippen molar-refractivity contribution < 1.29 is 13.9 Å². The van der Waals surface area contributed by atoms with Gasteiger partial charge in [0.15, 0.2) is 6.39 Å². The second-order valence-corrected chi connectivity index (χ2v) is 4.90. The number of carbonyl (C=O) groups is 1. The number of nitrogens with one attached hydrogen (secondary N) is 1. The maximum atomic E-state index is 12.2. The summed E-state index contributed by atoms with van der Waals surface area (Å²) in [6.07, 6.45) is 2.09. The third-order valence-corrected chi connectivity index (χ3v) is 3.52. The van der Waals surface area contributed by atoms with E-state index in [4.69, 9.17) is 9.15 Å². The second kappa shape index (κ2) is 5.36. The Morgan fingerprint density at radius 1 is 1.45 bits per heavy atom. The van der Waals surface area contributed by atoms with Gasteiger partial charge in [-0.3, -0.25) is 4.79 Å². The van der Waals surface area contributed by atoms with Crippen LogP contribution in [0, 0.1) is 12.8 Å². The van der Waals surface area contributed by atoms with E-state index in [2.05, 4.69) is 10.3 Å². The van der Waals surface area contributed by atoms with Gasteiger partial charge in [-0.2, -0.15) is 0 Å². The predicted octanol–water partition coefficient (Wildman–Crippen LogP) is 1.85. The molecule has 2 aromatic rings. The van der Waals surface area contributed by atoms with Gasteiger partial charge in [-0.15, -0.1) is 0 Å². The Hall–Kier alpha value is -2.30. The van der Waals surface area contributed by atoms with Gasteiger partial charge >= 0.3 is 0 Å². The molecule has 5 heteroatoms.